The van der Waals surface area contributed by atoms with Crippen molar-refractivity contribution in [3.63, 3.8) is 0 Å². The molecule has 0 fully saturated rings. The second-order valence-corrected chi connectivity index (χ2v) is 3.06. The van der Waals surface area contributed by atoms with Crippen LogP contribution >= 0.6 is 0 Å². The van der Waals surface area contributed by atoms with Crippen molar-refractivity contribution < 1.29 is 28.5 Å². The van der Waals surface area contributed by atoms with Crippen LogP contribution in [0.1, 0.15) is 15.9 Å². The molecule has 0 spiro atoms. The fraction of sp³-hybridized carbons (Fsp3) is 0. The molecule has 2 aromatic rings. The van der Waals surface area contributed by atoms with E-state index in [0.29, 0.717) is 0 Å². The molecule has 16 heavy (non-hydrogen) atoms. The molecule has 0 saturated carbocycles. The molecule has 2 nitrogen and oxygen atoms in total. The van der Waals surface area contributed by atoms with Crippen LogP contribution in [0.3, 0.4) is 0 Å². The molecule has 0 unspecified atom stereocenters. The van der Waals surface area contributed by atoms with Crippen molar-refractivity contribution in [2.45, 2.75) is 0 Å². The quantitative estimate of drug-likeness (QED) is 0.603. The van der Waals surface area contributed by atoms with Gasteiger partial charge in [0.05, 0.1) is 0 Å². The molecule has 0 aliphatic rings. The maximum atomic E-state index is 11.8. The molecule has 0 amide bonds. The Morgan fingerprint density at radius 3 is 1.31 bits per heavy atom. The van der Waals surface area contributed by atoms with Gasteiger partial charge in [-0.2, -0.15) is 0 Å². The first-order valence-corrected chi connectivity index (χ1v) is 5.37. The van der Waals surface area contributed by atoms with Crippen molar-refractivity contribution in [3.8, 4) is 0 Å². The fourth-order valence-electron chi connectivity index (χ4n) is 1.35. The summed E-state index contributed by atoms with van der Waals surface area (Å²) >= 11 is 0.750. The van der Waals surface area contributed by atoms with E-state index in [1.165, 1.54) is 0 Å². The Kier molecular flexibility index (Phi) is 5.55. The summed E-state index contributed by atoms with van der Waals surface area (Å²) < 4.78 is 8.25. The van der Waals surface area contributed by atoms with Gasteiger partial charge in [-0.25, -0.2) is 0 Å². The zero-order valence-electron chi connectivity index (χ0n) is 8.59. The summed E-state index contributed by atoms with van der Waals surface area (Å²) in [4.78, 5) is 11.8. The number of hydrogen-bond donors (Lipinski definition) is 0. The van der Waals surface area contributed by atoms with Crippen molar-refractivity contribution in [2.75, 3.05) is 0 Å². The van der Waals surface area contributed by atoms with E-state index < -0.39 is 0 Å². The van der Waals surface area contributed by atoms with Crippen molar-refractivity contribution in [3.05, 3.63) is 71.8 Å². The van der Waals surface area contributed by atoms with Crippen LogP contribution in [0.25, 0.3) is 0 Å². The van der Waals surface area contributed by atoms with Gasteiger partial charge < -0.3 is 0 Å². The minimum absolute atomic E-state index is 0.0752. The van der Waals surface area contributed by atoms with Gasteiger partial charge >= 0.3 is 23.7 Å². The number of hydrogen-bond acceptors (Lipinski definition) is 2. The van der Waals surface area contributed by atoms with Crippen molar-refractivity contribution >= 4 is 5.78 Å². The van der Waals surface area contributed by atoms with Crippen LogP contribution in [-0.2, 0) is 23.7 Å². The average Bonchev–Trinajstić information content (AvgIpc) is 2.42. The SMILES string of the molecule is O=C(c1ccccc1)c1ccccc1.[O]=[Ti]. The van der Waals surface area contributed by atoms with E-state index >= 15 is 0 Å². The van der Waals surface area contributed by atoms with Crippen LogP contribution < -0.4 is 0 Å². The van der Waals surface area contributed by atoms with E-state index in [2.05, 4.69) is 0 Å². The molecule has 0 saturated heterocycles. The summed E-state index contributed by atoms with van der Waals surface area (Å²) in [5.74, 6) is 0.0752. The standard InChI is InChI=1S/C13H10O.O.Ti/c14-13(11-7-3-1-4-8-11)12-9-5-2-6-10-12;;/h1-10H;;. The van der Waals surface area contributed by atoms with E-state index in [4.69, 9.17) is 3.32 Å². The molecule has 0 aliphatic carbocycles. The summed E-state index contributed by atoms with van der Waals surface area (Å²) in [7, 11) is 0. The first-order chi connectivity index (χ1) is 7.88. The molecule has 0 aromatic heterocycles. The number of rotatable bonds is 2. The number of benzene rings is 2. The van der Waals surface area contributed by atoms with Gasteiger partial charge in [-0.1, -0.05) is 60.7 Å². The van der Waals surface area contributed by atoms with Crippen LogP contribution in [0, 0.1) is 0 Å². The van der Waals surface area contributed by atoms with Gasteiger partial charge in [0.2, 0.25) is 0 Å². The predicted octanol–water partition coefficient (Wildman–Crippen LogP) is 2.80. The Morgan fingerprint density at radius 2 is 1.00 bits per heavy atom. The normalized spacial score (nSPS) is 8.69. The summed E-state index contributed by atoms with van der Waals surface area (Å²) in [6.45, 7) is 0. The Balaban J connectivity index is 0.000000606. The monoisotopic (exact) mass is 246 g/mol. The summed E-state index contributed by atoms with van der Waals surface area (Å²) in [5, 5.41) is 0. The van der Waals surface area contributed by atoms with Crippen LogP contribution in [0.5, 0.6) is 0 Å². The van der Waals surface area contributed by atoms with Crippen LogP contribution in [0.15, 0.2) is 60.7 Å². The van der Waals surface area contributed by atoms with Gasteiger partial charge in [0.15, 0.2) is 5.78 Å². The second kappa shape index (κ2) is 6.99. The topological polar surface area (TPSA) is 34.1 Å². The molecule has 0 atom stereocenters. The molecule has 2 rings (SSSR count). The molecule has 0 radical (unpaired) electrons. The van der Waals surface area contributed by atoms with E-state index in [0.717, 1.165) is 31.5 Å². The maximum absolute atomic E-state index is 11.8. The van der Waals surface area contributed by atoms with Crippen LogP contribution in [-0.4, -0.2) is 5.78 Å². The third-order valence-corrected chi connectivity index (χ3v) is 2.07. The molecule has 0 aliphatic heterocycles. The second-order valence-electron chi connectivity index (χ2n) is 3.06. The van der Waals surface area contributed by atoms with Crippen molar-refractivity contribution in [2.24, 2.45) is 0 Å². The van der Waals surface area contributed by atoms with Crippen LogP contribution in [0.4, 0.5) is 0 Å². The van der Waals surface area contributed by atoms with E-state index in [-0.39, 0.29) is 5.78 Å². The predicted molar refractivity (Wildman–Crippen MR) is 57.0 cm³/mol. The molecule has 0 heterocycles. The van der Waals surface area contributed by atoms with Gasteiger partial charge in [0.1, 0.15) is 0 Å². The zero-order valence-corrected chi connectivity index (χ0v) is 10.2. The van der Waals surface area contributed by atoms with Gasteiger partial charge in [-0.3, -0.25) is 4.79 Å². The van der Waals surface area contributed by atoms with Crippen molar-refractivity contribution in [1.82, 2.24) is 0 Å². The van der Waals surface area contributed by atoms with Crippen LogP contribution in [0.2, 0.25) is 0 Å². The molecule has 3 heteroatoms. The fourth-order valence-corrected chi connectivity index (χ4v) is 1.35. The van der Waals surface area contributed by atoms with E-state index in [9.17, 15) is 4.79 Å². The number of carbonyl (C=O) groups is 1. The zero-order chi connectivity index (χ0) is 11.8. The van der Waals surface area contributed by atoms with Gasteiger partial charge in [-0.15, -0.1) is 0 Å². The molecular formula is C13H10O2Ti. The first-order valence-electron chi connectivity index (χ1n) is 4.73. The summed E-state index contributed by atoms with van der Waals surface area (Å²) in [6.07, 6.45) is 0. The Bertz CT molecular complexity index is 399. The molecule has 2 aromatic carbocycles. The van der Waals surface area contributed by atoms with E-state index in [1.807, 2.05) is 60.7 Å². The van der Waals surface area contributed by atoms with Gasteiger partial charge in [-0.05, 0) is 0 Å². The summed E-state index contributed by atoms with van der Waals surface area (Å²) in [6, 6.07) is 18.6. The first kappa shape index (κ1) is 12.7. The van der Waals surface area contributed by atoms with Crippen molar-refractivity contribution in [1.29, 1.82) is 0 Å². The number of carbonyl (C=O) groups excluding carboxylic acids is 1. The minimum atomic E-state index is 0.0752. The Morgan fingerprint density at radius 1 is 0.688 bits per heavy atom. The molecular weight excluding hydrogens is 236 g/mol. The van der Waals surface area contributed by atoms with Gasteiger partial charge in [0.25, 0.3) is 0 Å². The molecule has 0 bridgehead atoms. The number of ketones is 1. The van der Waals surface area contributed by atoms with E-state index in [1.54, 1.807) is 0 Å². The molecule has 78 valence electrons. The van der Waals surface area contributed by atoms with Gasteiger partial charge in [0, 0.05) is 11.1 Å². The molecule has 0 N–H and O–H groups in total. The Labute approximate surface area is 106 Å². The average molecular weight is 246 g/mol. The Hall–Kier alpha value is -1.38. The third kappa shape index (κ3) is 3.33. The summed E-state index contributed by atoms with van der Waals surface area (Å²) in [5.41, 5.74) is 1.47. The third-order valence-electron chi connectivity index (χ3n) is 2.07.